The predicted octanol–water partition coefficient (Wildman–Crippen LogP) is 0.490. The lowest BCUT2D eigenvalue weighted by molar-refractivity contribution is 1.69. The van der Waals surface area contributed by atoms with Crippen LogP contribution in [0.5, 0.6) is 0 Å². The first-order valence-corrected chi connectivity index (χ1v) is 3.02. The number of nitrogens with one attached hydrogen (secondary N) is 1. The zero-order valence-electron chi connectivity index (χ0n) is 2.47. The molecule has 0 amide bonds. The summed E-state index contributed by atoms with van der Waals surface area (Å²) in [4.78, 5) is 0. The van der Waals surface area contributed by atoms with Gasteiger partial charge in [0.15, 0.2) is 0 Å². The van der Waals surface area contributed by atoms with E-state index in [4.69, 9.17) is 0 Å². The van der Waals surface area contributed by atoms with Crippen molar-refractivity contribution in [2.45, 2.75) is 0 Å². The Balaban J connectivity index is 2.64. The Hall–Kier alpha value is 0.270. The van der Waals surface area contributed by atoms with Crippen LogP contribution in [-0.2, 0) is 0 Å². The number of hydrogen-bond acceptors (Lipinski definition) is 2. The molecule has 0 bridgehead atoms. The van der Waals surface area contributed by atoms with E-state index >= 15 is 0 Å². The second-order valence-corrected chi connectivity index (χ2v) is 2.33. The van der Waals surface area contributed by atoms with Gasteiger partial charge in [0.1, 0.15) is 0 Å². The molecule has 0 aromatic carbocycles. The third-order valence-electron chi connectivity index (χ3n) is 0.288. The zero-order chi connectivity index (χ0) is 3.54. The highest BCUT2D eigenvalue weighted by molar-refractivity contribution is 8.26. The third-order valence-corrected chi connectivity index (χ3v) is 1.77. The molecule has 0 aromatic heterocycles. The molecular weight excluding hydrogens is 102 g/mol. The molecule has 5 heavy (non-hydrogen) atoms. The van der Waals surface area contributed by atoms with Crippen molar-refractivity contribution >= 4 is 33.1 Å². The number of rotatable bonds is 0. The summed E-state index contributed by atoms with van der Waals surface area (Å²) >= 11 is 1.61. The van der Waals surface area contributed by atoms with Gasteiger partial charge in [0.2, 0.25) is 0 Å². The molecule has 1 rings (SSSR count). The van der Waals surface area contributed by atoms with Crippen LogP contribution in [0.3, 0.4) is 0 Å². The average Bonchev–Trinajstić information content (AvgIpc) is 1.76. The van der Waals surface area contributed by atoms with E-state index < -0.39 is 0 Å². The smallest absolute Gasteiger partial charge is 0.0416 e. The van der Waals surface area contributed by atoms with Crippen molar-refractivity contribution in [2.24, 2.45) is 0 Å². The summed E-state index contributed by atoms with van der Waals surface area (Å²) in [6.45, 7) is 0. The fourth-order valence-electron chi connectivity index (χ4n) is 0.139. The van der Waals surface area contributed by atoms with Crippen molar-refractivity contribution in [3.63, 3.8) is 0 Å². The van der Waals surface area contributed by atoms with Crippen LogP contribution in [0.2, 0.25) is 0 Å². The quantitative estimate of drug-likeness (QED) is 0.355. The second-order valence-electron chi connectivity index (χ2n) is 0.586. The topological polar surface area (TPSA) is 12.0 Å². The van der Waals surface area contributed by atoms with Gasteiger partial charge in [-0.1, -0.05) is 0 Å². The second kappa shape index (κ2) is 1.64. The van der Waals surface area contributed by atoms with Crippen molar-refractivity contribution in [1.82, 2.24) is 4.72 Å². The van der Waals surface area contributed by atoms with Crippen molar-refractivity contribution < 1.29 is 0 Å². The van der Waals surface area contributed by atoms with Gasteiger partial charge in [-0.2, -0.15) is 0 Å². The first-order valence-electron chi connectivity index (χ1n) is 1.20. The molecule has 0 fully saturated rings. The van der Waals surface area contributed by atoms with Gasteiger partial charge in [0.25, 0.3) is 0 Å². The van der Waals surface area contributed by atoms with Crippen LogP contribution in [0.25, 0.3) is 0 Å². The molecule has 0 unspecified atom stereocenters. The Bertz CT molecular complexity index is 73.6. The summed E-state index contributed by atoms with van der Waals surface area (Å²) in [5.74, 6) is 0. The van der Waals surface area contributed by atoms with E-state index in [1.807, 2.05) is 10.2 Å². The fraction of sp³-hybridized carbons (Fsp3) is 0. The molecule has 28 valence electrons. The highest BCUT2D eigenvalue weighted by atomic mass is 32.2. The lowest BCUT2D eigenvalue weighted by Crippen LogP contribution is -1.88. The van der Waals surface area contributed by atoms with Crippen molar-refractivity contribution in [3.8, 4) is 0 Å². The molecule has 3 heteroatoms. The Kier molecular flexibility index (Phi) is 1.14. The van der Waals surface area contributed by atoms with Crippen molar-refractivity contribution in [3.05, 3.63) is 0 Å². The largest absolute Gasteiger partial charge is 0.227 e. The molecule has 1 aliphatic heterocycles. The van der Waals surface area contributed by atoms with Crippen LogP contribution >= 0.6 is 22.9 Å². The van der Waals surface area contributed by atoms with E-state index in [0.717, 1.165) is 0 Å². The molecule has 0 saturated carbocycles. The third kappa shape index (κ3) is 0.792. The Labute approximate surface area is 38.4 Å². The van der Waals surface area contributed by atoms with E-state index in [2.05, 4.69) is 4.72 Å². The molecule has 0 aliphatic carbocycles. The van der Waals surface area contributed by atoms with Gasteiger partial charge in [-0.05, 0) is 11.9 Å². The number of hydrogen-bond donors (Lipinski definition) is 1. The molecule has 1 N–H and O–H groups in total. The molecule has 0 radical (unpaired) electrons. The Morgan fingerprint density at radius 1 is 1.60 bits per heavy atom. The summed E-state index contributed by atoms with van der Waals surface area (Å²) in [7, 11) is 1.68. The highest BCUT2D eigenvalue weighted by Gasteiger charge is 1.74. The maximum absolute atomic E-state index is 2.92. The molecular formula is C2H3NS2. The van der Waals surface area contributed by atoms with Crippen molar-refractivity contribution in [1.29, 1.82) is 0 Å². The lowest BCUT2D eigenvalue weighted by atomic mass is 11.6. The van der Waals surface area contributed by atoms with Crippen LogP contribution < -0.4 is 4.72 Å². The fourth-order valence-corrected chi connectivity index (χ4v) is 1.25. The monoisotopic (exact) mass is 105 g/mol. The summed E-state index contributed by atoms with van der Waals surface area (Å²) in [5.41, 5.74) is 1.94. The Morgan fingerprint density at radius 3 is 2.80 bits per heavy atom. The summed E-state index contributed by atoms with van der Waals surface area (Å²) in [6.07, 6.45) is 0. The maximum atomic E-state index is 2.92. The zero-order valence-corrected chi connectivity index (χ0v) is 4.10. The molecule has 0 saturated heterocycles. The maximum Gasteiger partial charge on any atom is 0.0416 e. The summed E-state index contributed by atoms with van der Waals surface area (Å²) in [5, 5.41) is 0. The van der Waals surface area contributed by atoms with Gasteiger partial charge >= 0.3 is 0 Å². The normalized spacial score (nSPS) is 19.2. The molecule has 0 atom stereocenters. The minimum Gasteiger partial charge on any atom is -0.227 e. The van der Waals surface area contributed by atoms with Gasteiger partial charge in [0.05, 0.1) is 0 Å². The van der Waals surface area contributed by atoms with E-state index in [-0.39, 0.29) is 0 Å². The van der Waals surface area contributed by atoms with Gasteiger partial charge in [-0.3, -0.25) is 0 Å². The average molecular weight is 105 g/mol. The summed E-state index contributed by atoms with van der Waals surface area (Å²) < 4.78 is 4.95. The Morgan fingerprint density at radius 2 is 2.60 bits per heavy atom. The van der Waals surface area contributed by atoms with Crippen LogP contribution in [0.4, 0.5) is 0 Å². The minimum atomic E-state index is 1.61. The SMILES string of the molecule is C1=S=CSN1. The van der Waals surface area contributed by atoms with E-state index in [1.165, 1.54) is 0 Å². The van der Waals surface area contributed by atoms with Gasteiger partial charge in [0, 0.05) is 10.2 Å². The van der Waals surface area contributed by atoms with Crippen molar-refractivity contribution in [2.75, 3.05) is 0 Å². The van der Waals surface area contributed by atoms with E-state index in [9.17, 15) is 0 Å². The van der Waals surface area contributed by atoms with Crippen LogP contribution in [0.15, 0.2) is 0 Å². The van der Waals surface area contributed by atoms with E-state index in [0.29, 0.717) is 0 Å². The van der Waals surface area contributed by atoms with Gasteiger partial charge < -0.3 is 0 Å². The van der Waals surface area contributed by atoms with Crippen LogP contribution in [0, 0.1) is 0 Å². The van der Waals surface area contributed by atoms with E-state index in [1.54, 1.807) is 22.9 Å². The van der Waals surface area contributed by atoms with Crippen LogP contribution in [0.1, 0.15) is 0 Å². The van der Waals surface area contributed by atoms with Gasteiger partial charge in [-0.25, -0.2) is 4.72 Å². The minimum absolute atomic E-state index is 1.61. The molecule has 0 spiro atoms. The molecule has 0 aromatic rings. The lowest BCUT2D eigenvalue weighted by Gasteiger charge is -1.71. The summed E-state index contributed by atoms with van der Waals surface area (Å²) in [6, 6.07) is 0. The molecule has 1 aliphatic rings. The molecule has 1 nitrogen and oxygen atoms in total. The van der Waals surface area contributed by atoms with Gasteiger partial charge in [-0.15, -0.1) is 10.9 Å². The molecule has 1 heterocycles. The first-order chi connectivity index (χ1) is 2.50. The predicted molar refractivity (Wildman–Crippen MR) is 30.4 cm³/mol. The highest BCUT2D eigenvalue weighted by Crippen LogP contribution is 1.89. The standard InChI is InChI=1S/C2H3NS2/c1-3-5-2-4-1/h1-3H. The first kappa shape index (κ1) is 3.46. The van der Waals surface area contributed by atoms with Crippen LogP contribution in [-0.4, -0.2) is 10.2 Å².